The van der Waals surface area contributed by atoms with Crippen molar-refractivity contribution < 1.29 is 40.6 Å². The first-order valence-electron chi connectivity index (χ1n) is 12.7. The second-order valence-electron chi connectivity index (χ2n) is 10.0. The molecule has 224 valence electrons. The monoisotopic (exact) mass is 591 g/mol. The smallest absolute Gasteiger partial charge is 0.338 e. The van der Waals surface area contributed by atoms with Crippen molar-refractivity contribution in [1.82, 2.24) is 40.2 Å². The Labute approximate surface area is 228 Å². The van der Waals surface area contributed by atoms with Crippen LogP contribution in [0, 0.1) is 24.7 Å². The zero-order valence-corrected chi connectivity index (χ0v) is 21.9. The minimum atomic E-state index is -4.71. The molecule has 0 saturated heterocycles. The fraction of sp³-hybridized carbons (Fsp3) is 0.609. The van der Waals surface area contributed by atoms with Crippen LogP contribution in [0.25, 0.3) is 0 Å². The van der Waals surface area contributed by atoms with Gasteiger partial charge in [-0.3, -0.25) is 14.3 Å². The largest absolute Gasteiger partial charge is 0.406 e. The Morgan fingerprint density at radius 2 is 1.88 bits per heavy atom. The summed E-state index contributed by atoms with van der Waals surface area (Å²) in [5, 5.41) is 22.4. The van der Waals surface area contributed by atoms with Crippen LogP contribution in [0.4, 0.5) is 32.0 Å². The molecule has 3 aromatic rings. The highest BCUT2D eigenvalue weighted by Gasteiger charge is 2.36. The number of alkyl halides is 5. The summed E-state index contributed by atoms with van der Waals surface area (Å²) >= 11 is 0. The Morgan fingerprint density at radius 1 is 1.17 bits per heavy atom. The summed E-state index contributed by atoms with van der Waals surface area (Å²) in [7, 11) is 0. The van der Waals surface area contributed by atoms with E-state index in [4.69, 9.17) is 0 Å². The molecule has 4 rings (SSSR count). The van der Waals surface area contributed by atoms with Crippen molar-refractivity contribution in [3.05, 3.63) is 35.7 Å². The van der Waals surface area contributed by atoms with E-state index in [9.17, 15) is 35.9 Å². The third-order valence-electron chi connectivity index (χ3n) is 6.93. The van der Waals surface area contributed by atoms with E-state index in [1.807, 2.05) is 0 Å². The van der Waals surface area contributed by atoms with Gasteiger partial charge in [0.05, 0.1) is 6.20 Å². The second-order valence-corrected chi connectivity index (χ2v) is 10.0. The molecule has 0 spiro atoms. The molecule has 18 heteroatoms. The Hall–Kier alpha value is -3.99. The van der Waals surface area contributed by atoms with Gasteiger partial charge in [0, 0.05) is 6.42 Å². The lowest BCUT2D eigenvalue weighted by atomic mass is 9.79. The minimum Gasteiger partial charge on any atom is -0.338 e. The summed E-state index contributed by atoms with van der Waals surface area (Å²) in [6.07, 6.45) is -4.46. The average molecular weight is 592 g/mol. The quantitative estimate of drug-likeness (QED) is 0.340. The molecular formula is C23H27F6N9O3. The van der Waals surface area contributed by atoms with E-state index in [1.165, 1.54) is 6.92 Å². The maximum atomic E-state index is 14.9. The summed E-state index contributed by atoms with van der Waals surface area (Å²) in [4.78, 5) is 26.2. The van der Waals surface area contributed by atoms with Crippen LogP contribution in [0.2, 0.25) is 0 Å². The number of halogens is 6. The molecule has 3 heterocycles. The number of aromatic nitrogens is 7. The SMILES string of the molecule is Cc1nonc1C(=O)N[C@H](C(=O)Nc1cn([C@@H](CC(F)F)c2nncn2CC(F)(F)F)nc1F)C1CCC(C)CC1. The van der Waals surface area contributed by atoms with Crippen molar-refractivity contribution in [2.24, 2.45) is 11.8 Å². The van der Waals surface area contributed by atoms with Gasteiger partial charge in [0.25, 0.3) is 11.9 Å². The molecule has 0 radical (unpaired) electrons. The Balaban J connectivity index is 1.59. The highest BCUT2D eigenvalue weighted by Crippen LogP contribution is 2.32. The summed E-state index contributed by atoms with van der Waals surface area (Å²) < 4.78 is 86.4. The van der Waals surface area contributed by atoms with E-state index in [2.05, 4.69) is 47.8 Å². The second kappa shape index (κ2) is 12.3. The van der Waals surface area contributed by atoms with Gasteiger partial charge >= 0.3 is 6.18 Å². The summed E-state index contributed by atoms with van der Waals surface area (Å²) in [5.41, 5.74) is -0.475. The van der Waals surface area contributed by atoms with Crippen LogP contribution in [0.15, 0.2) is 17.2 Å². The van der Waals surface area contributed by atoms with E-state index in [-0.39, 0.29) is 17.3 Å². The molecule has 1 aliphatic carbocycles. The number of hydrogen-bond donors (Lipinski definition) is 2. The van der Waals surface area contributed by atoms with Gasteiger partial charge in [-0.25, -0.2) is 13.4 Å². The lowest BCUT2D eigenvalue weighted by molar-refractivity contribution is -0.141. The van der Waals surface area contributed by atoms with E-state index < -0.39 is 66.9 Å². The van der Waals surface area contributed by atoms with E-state index >= 15 is 0 Å². The van der Waals surface area contributed by atoms with Gasteiger partial charge in [0.15, 0.2) is 11.5 Å². The normalized spacial score (nSPS) is 19.2. The van der Waals surface area contributed by atoms with Crippen LogP contribution >= 0.6 is 0 Å². The number of nitrogens with zero attached hydrogens (tertiary/aromatic N) is 7. The van der Waals surface area contributed by atoms with Crippen molar-refractivity contribution in [3.8, 4) is 0 Å². The highest BCUT2D eigenvalue weighted by molar-refractivity contribution is 6.00. The van der Waals surface area contributed by atoms with Gasteiger partial charge in [0.2, 0.25) is 12.3 Å². The Kier molecular flexibility index (Phi) is 8.96. The fourth-order valence-corrected chi connectivity index (χ4v) is 4.82. The number of rotatable bonds is 10. The molecule has 0 bridgehead atoms. The number of aryl methyl sites for hydroxylation is 1. The fourth-order valence-electron chi connectivity index (χ4n) is 4.82. The predicted octanol–water partition coefficient (Wildman–Crippen LogP) is 3.68. The number of carbonyl (C=O) groups is 2. The Morgan fingerprint density at radius 3 is 2.49 bits per heavy atom. The van der Waals surface area contributed by atoms with Crippen molar-refractivity contribution in [3.63, 3.8) is 0 Å². The maximum absolute atomic E-state index is 14.9. The standard InChI is InChI=1S/C23H27F6N9O3/c1-11-3-5-13(6-4-11)18(32-21(39)17-12(2)35-41-36-17)22(40)31-14-8-38(34-19(14)26)15(7-16(24)25)20-33-30-10-37(20)9-23(27,28)29/h8,10-11,13,15-16,18H,3-7,9H2,1-2H3,(H,31,40)(H,32,39)/t11?,13?,15-,18-/m0/s1. The highest BCUT2D eigenvalue weighted by atomic mass is 19.4. The van der Waals surface area contributed by atoms with Gasteiger partial charge in [-0.05, 0) is 36.8 Å². The third kappa shape index (κ3) is 7.40. The molecule has 1 saturated carbocycles. The van der Waals surface area contributed by atoms with E-state index in [0.29, 0.717) is 34.3 Å². The lowest BCUT2D eigenvalue weighted by Gasteiger charge is -2.32. The van der Waals surface area contributed by atoms with E-state index in [1.54, 1.807) is 0 Å². The van der Waals surface area contributed by atoms with Gasteiger partial charge in [-0.15, -0.1) is 15.3 Å². The maximum Gasteiger partial charge on any atom is 0.406 e. The molecule has 1 aliphatic rings. The minimum absolute atomic E-state index is 0.135. The topological polar surface area (TPSA) is 146 Å². The average Bonchev–Trinajstić information content (AvgIpc) is 3.61. The molecule has 0 aromatic carbocycles. The van der Waals surface area contributed by atoms with E-state index in [0.717, 1.165) is 19.0 Å². The number of amides is 2. The van der Waals surface area contributed by atoms with Crippen molar-refractivity contribution in [2.45, 2.75) is 77.2 Å². The first-order valence-corrected chi connectivity index (χ1v) is 12.7. The van der Waals surface area contributed by atoms with Gasteiger partial charge < -0.3 is 15.2 Å². The zero-order valence-electron chi connectivity index (χ0n) is 21.9. The van der Waals surface area contributed by atoms with Gasteiger partial charge in [0.1, 0.15) is 36.3 Å². The summed E-state index contributed by atoms with van der Waals surface area (Å²) in [6.45, 7) is 1.98. The van der Waals surface area contributed by atoms with Crippen LogP contribution < -0.4 is 10.6 Å². The van der Waals surface area contributed by atoms with Crippen molar-refractivity contribution >= 4 is 17.5 Å². The molecular weight excluding hydrogens is 564 g/mol. The number of anilines is 1. The molecule has 2 atom stereocenters. The summed E-state index contributed by atoms with van der Waals surface area (Å²) in [6, 6.07) is -2.78. The Bertz CT molecular complexity index is 1350. The van der Waals surface area contributed by atoms with Crippen LogP contribution in [-0.4, -0.2) is 65.3 Å². The first-order chi connectivity index (χ1) is 19.3. The third-order valence-corrected chi connectivity index (χ3v) is 6.93. The molecule has 12 nitrogen and oxygen atoms in total. The van der Waals surface area contributed by atoms with Gasteiger partial charge in [-0.2, -0.15) is 17.6 Å². The molecule has 41 heavy (non-hydrogen) atoms. The molecule has 0 unspecified atom stereocenters. The molecule has 2 N–H and O–H groups in total. The van der Waals surface area contributed by atoms with Crippen molar-refractivity contribution in [2.75, 3.05) is 5.32 Å². The van der Waals surface area contributed by atoms with Crippen molar-refractivity contribution in [1.29, 1.82) is 0 Å². The van der Waals surface area contributed by atoms with Crippen LogP contribution in [0.3, 0.4) is 0 Å². The van der Waals surface area contributed by atoms with Crippen LogP contribution in [0.1, 0.15) is 67.1 Å². The number of hydrogen-bond acceptors (Lipinski definition) is 8. The zero-order chi connectivity index (χ0) is 29.9. The molecule has 0 aliphatic heterocycles. The van der Waals surface area contributed by atoms with Crippen LogP contribution in [0.5, 0.6) is 0 Å². The number of nitrogens with one attached hydrogen (secondary N) is 2. The number of carbonyl (C=O) groups excluding carboxylic acids is 2. The predicted molar refractivity (Wildman–Crippen MR) is 127 cm³/mol. The van der Waals surface area contributed by atoms with Crippen LogP contribution in [-0.2, 0) is 11.3 Å². The molecule has 2 amide bonds. The lowest BCUT2D eigenvalue weighted by Crippen LogP contribution is -2.49. The molecule has 3 aromatic heterocycles. The summed E-state index contributed by atoms with van der Waals surface area (Å²) in [5.74, 6) is -3.26. The first kappa shape index (κ1) is 30.0. The van der Waals surface area contributed by atoms with Gasteiger partial charge in [-0.1, -0.05) is 24.9 Å². The molecule has 1 fully saturated rings.